The number of carbonyl (C=O) groups is 2. The maximum Gasteiger partial charge on any atom is 0.337 e. The predicted molar refractivity (Wildman–Crippen MR) is 89.7 cm³/mol. The van der Waals surface area contributed by atoms with E-state index in [-0.39, 0.29) is 11.6 Å². The van der Waals surface area contributed by atoms with E-state index in [0.29, 0.717) is 17.5 Å². The third-order valence-electron chi connectivity index (χ3n) is 3.91. The molecule has 1 aliphatic heterocycles. The Morgan fingerprint density at radius 2 is 2.14 bits per heavy atom. The summed E-state index contributed by atoms with van der Waals surface area (Å²) < 4.78 is 0.823. The molecule has 1 unspecified atom stereocenters. The van der Waals surface area contributed by atoms with E-state index in [1.165, 1.54) is 0 Å². The van der Waals surface area contributed by atoms with Crippen LogP contribution < -0.4 is 5.32 Å². The number of anilines is 1. The molecule has 0 radical (unpaired) electrons. The van der Waals surface area contributed by atoms with Crippen LogP contribution in [0.15, 0.2) is 18.2 Å². The van der Waals surface area contributed by atoms with Crippen molar-refractivity contribution in [1.82, 2.24) is 4.90 Å². The third kappa shape index (κ3) is 3.87. The van der Waals surface area contributed by atoms with Crippen LogP contribution in [0, 0.1) is 15.4 Å². The molecule has 2 N–H and O–H groups in total. The lowest BCUT2D eigenvalue weighted by molar-refractivity contribution is 0.0698. The number of rotatable bonds is 3. The van der Waals surface area contributed by atoms with E-state index in [0.717, 1.165) is 23.1 Å². The summed E-state index contributed by atoms with van der Waals surface area (Å²) in [5, 5.41) is 11.9. The SMILES string of the molecule is CC(C)C1CCN(C(=O)Nc2ccc(I)cc2C(=O)O)C1. The van der Waals surface area contributed by atoms with E-state index in [1.54, 1.807) is 23.1 Å². The molecular weight excluding hydrogens is 383 g/mol. The van der Waals surface area contributed by atoms with Gasteiger partial charge in [0.2, 0.25) is 0 Å². The third-order valence-corrected chi connectivity index (χ3v) is 4.58. The van der Waals surface area contributed by atoms with E-state index < -0.39 is 5.97 Å². The van der Waals surface area contributed by atoms with Gasteiger partial charge in [-0.3, -0.25) is 0 Å². The van der Waals surface area contributed by atoms with Gasteiger partial charge in [0.05, 0.1) is 11.3 Å². The standard InChI is InChI=1S/C15H19IN2O3/c1-9(2)10-5-6-18(8-10)15(21)17-13-4-3-11(16)7-12(13)14(19)20/h3-4,7,9-10H,5-6,8H2,1-2H3,(H,17,21)(H,19,20). The molecule has 0 bridgehead atoms. The lowest BCUT2D eigenvalue weighted by Gasteiger charge is -2.19. The second-order valence-electron chi connectivity index (χ2n) is 5.66. The first-order valence-electron chi connectivity index (χ1n) is 6.97. The number of likely N-dealkylation sites (tertiary alicyclic amines) is 1. The van der Waals surface area contributed by atoms with Crippen molar-refractivity contribution in [2.24, 2.45) is 11.8 Å². The van der Waals surface area contributed by atoms with Gasteiger partial charge in [-0.2, -0.15) is 0 Å². The van der Waals surface area contributed by atoms with Crippen molar-refractivity contribution in [3.63, 3.8) is 0 Å². The first-order valence-corrected chi connectivity index (χ1v) is 8.05. The Morgan fingerprint density at radius 1 is 1.43 bits per heavy atom. The molecule has 1 saturated heterocycles. The van der Waals surface area contributed by atoms with Crippen molar-refractivity contribution in [1.29, 1.82) is 0 Å². The number of hydrogen-bond donors (Lipinski definition) is 2. The molecule has 0 aliphatic carbocycles. The lowest BCUT2D eigenvalue weighted by atomic mass is 9.95. The van der Waals surface area contributed by atoms with Gasteiger partial charge in [-0.25, -0.2) is 9.59 Å². The van der Waals surface area contributed by atoms with Gasteiger partial charge in [0, 0.05) is 16.7 Å². The average Bonchev–Trinajstić information content (AvgIpc) is 2.90. The zero-order chi connectivity index (χ0) is 15.6. The lowest BCUT2D eigenvalue weighted by Crippen LogP contribution is -2.33. The maximum absolute atomic E-state index is 12.3. The molecule has 0 spiro atoms. The summed E-state index contributed by atoms with van der Waals surface area (Å²) in [6.07, 6.45) is 1.00. The normalized spacial score (nSPS) is 18.1. The van der Waals surface area contributed by atoms with Crippen LogP contribution in [-0.2, 0) is 0 Å². The van der Waals surface area contributed by atoms with E-state index in [2.05, 4.69) is 41.8 Å². The van der Waals surface area contributed by atoms with E-state index in [9.17, 15) is 14.7 Å². The molecule has 1 atom stereocenters. The molecule has 1 aromatic rings. The Hall–Kier alpha value is -1.31. The molecule has 6 heteroatoms. The molecule has 1 heterocycles. The number of carboxylic acids is 1. The number of carbonyl (C=O) groups excluding carboxylic acids is 1. The van der Waals surface area contributed by atoms with Crippen LogP contribution in [0.1, 0.15) is 30.6 Å². The Balaban J connectivity index is 2.09. The number of halogens is 1. The number of urea groups is 1. The molecule has 0 saturated carbocycles. The number of aromatic carboxylic acids is 1. The number of benzene rings is 1. The van der Waals surface area contributed by atoms with Gasteiger partial charge < -0.3 is 15.3 Å². The molecule has 2 amide bonds. The minimum Gasteiger partial charge on any atom is -0.478 e. The molecule has 1 aliphatic rings. The second-order valence-corrected chi connectivity index (χ2v) is 6.91. The molecule has 21 heavy (non-hydrogen) atoms. The number of carboxylic acid groups (broad SMARTS) is 1. The van der Waals surface area contributed by atoms with Crippen LogP contribution in [-0.4, -0.2) is 35.1 Å². The van der Waals surface area contributed by atoms with Gasteiger partial charge in [-0.15, -0.1) is 0 Å². The van der Waals surface area contributed by atoms with Gasteiger partial charge in [-0.1, -0.05) is 13.8 Å². The largest absolute Gasteiger partial charge is 0.478 e. The van der Waals surface area contributed by atoms with E-state index >= 15 is 0 Å². The molecule has 5 nitrogen and oxygen atoms in total. The number of nitrogens with zero attached hydrogens (tertiary/aromatic N) is 1. The van der Waals surface area contributed by atoms with Crippen LogP contribution in [0.2, 0.25) is 0 Å². The number of nitrogens with one attached hydrogen (secondary N) is 1. The Kier molecular flexibility index (Phi) is 5.08. The van der Waals surface area contributed by atoms with Gasteiger partial charge in [0.15, 0.2) is 0 Å². The summed E-state index contributed by atoms with van der Waals surface area (Å²) in [4.78, 5) is 25.3. The molecule has 114 valence electrons. The highest BCUT2D eigenvalue weighted by Gasteiger charge is 2.28. The molecule has 2 rings (SSSR count). The van der Waals surface area contributed by atoms with Crippen LogP contribution >= 0.6 is 22.6 Å². The van der Waals surface area contributed by atoms with Crippen molar-refractivity contribution in [3.05, 3.63) is 27.3 Å². The minimum absolute atomic E-state index is 0.120. The Bertz CT molecular complexity index is 560. The highest BCUT2D eigenvalue weighted by molar-refractivity contribution is 14.1. The molecular formula is C15H19IN2O3. The zero-order valence-corrected chi connectivity index (χ0v) is 14.3. The van der Waals surface area contributed by atoms with Gasteiger partial charge >= 0.3 is 12.0 Å². The fourth-order valence-corrected chi connectivity index (χ4v) is 3.00. The molecule has 1 aromatic carbocycles. The summed E-state index contributed by atoms with van der Waals surface area (Å²) in [6, 6.07) is 4.75. The van der Waals surface area contributed by atoms with Gasteiger partial charge in [0.1, 0.15) is 0 Å². The maximum atomic E-state index is 12.3. The van der Waals surface area contributed by atoms with Crippen molar-refractivity contribution in [3.8, 4) is 0 Å². The van der Waals surface area contributed by atoms with Crippen LogP contribution in [0.25, 0.3) is 0 Å². The fourth-order valence-electron chi connectivity index (χ4n) is 2.51. The minimum atomic E-state index is -1.04. The van der Waals surface area contributed by atoms with E-state index in [1.807, 2.05) is 0 Å². The number of hydrogen-bond acceptors (Lipinski definition) is 2. The predicted octanol–water partition coefficient (Wildman–Crippen LogP) is 3.50. The topological polar surface area (TPSA) is 69.6 Å². The second kappa shape index (κ2) is 6.64. The monoisotopic (exact) mass is 402 g/mol. The summed E-state index contributed by atoms with van der Waals surface area (Å²) in [6.45, 7) is 5.78. The fraction of sp³-hybridized carbons (Fsp3) is 0.467. The Labute approximate surface area is 137 Å². The van der Waals surface area contributed by atoms with Crippen molar-refractivity contribution < 1.29 is 14.7 Å². The summed E-state index contributed by atoms with van der Waals surface area (Å²) in [5.41, 5.74) is 0.468. The summed E-state index contributed by atoms with van der Waals surface area (Å²) in [5.74, 6) is 0.0346. The van der Waals surface area contributed by atoms with Gasteiger partial charge in [0.25, 0.3) is 0 Å². The highest BCUT2D eigenvalue weighted by atomic mass is 127. The molecule has 1 fully saturated rings. The van der Waals surface area contributed by atoms with Crippen LogP contribution in [0.5, 0.6) is 0 Å². The molecule has 0 aromatic heterocycles. The first kappa shape index (κ1) is 16.1. The van der Waals surface area contributed by atoms with Crippen molar-refractivity contribution in [2.45, 2.75) is 20.3 Å². The average molecular weight is 402 g/mol. The summed E-state index contributed by atoms with van der Waals surface area (Å²) >= 11 is 2.05. The number of amides is 2. The smallest absolute Gasteiger partial charge is 0.337 e. The van der Waals surface area contributed by atoms with Crippen LogP contribution in [0.4, 0.5) is 10.5 Å². The van der Waals surface area contributed by atoms with Crippen molar-refractivity contribution in [2.75, 3.05) is 18.4 Å². The zero-order valence-electron chi connectivity index (χ0n) is 12.1. The first-order chi connectivity index (χ1) is 9.88. The van der Waals surface area contributed by atoms with Crippen molar-refractivity contribution >= 4 is 40.3 Å². The highest BCUT2D eigenvalue weighted by Crippen LogP contribution is 2.25. The Morgan fingerprint density at radius 3 is 2.71 bits per heavy atom. The quantitative estimate of drug-likeness (QED) is 0.761. The summed E-state index contributed by atoms with van der Waals surface area (Å²) in [7, 11) is 0. The van der Waals surface area contributed by atoms with Crippen LogP contribution in [0.3, 0.4) is 0 Å². The van der Waals surface area contributed by atoms with Gasteiger partial charge in [-0.05, 0) is 59.0 Å². The van der Waals surface area contributed by atoms with E-state index in [4.69, 9.17) is 0 Å².